The first-order valence-electron chi connectivity index (χ1n) is 7.64. The van der Waals surface area contributed by atoms with Crippen molar-refractivity contribution in [2.75, 3.05) is 25.0 Å². The number of amides is 2. The highest BCUT2D eigenvalue weighted by molar-refractivity contribution is 5.72. The highest BCUT2D eigenvalue weighted by Crippen LogP contribution is 2.28. The number of benzene rings is 1. The maximum atomic E-state index is 11.1. The molecule has 0 aromatic heterocycles. The third kappa shape index (κ3) is 4.28. The second-order valence-electron chi connectivity index (χ2n) is 5.59. The van der Waals surface area contributed by atoms with Gasteiger partial charge in [-0.15, -0.1) is 0 Å². The number of primary amides is 1. The third-order valence-electron chi connectivity index (χ3n) is 3.77. The van der Waals surface area contributed by atoms with Crippen LogP contribution in [-0.2, 0) is 0 Å². The second-order valence-corrected chi connectivity index (χ2v) is 5.59. The molecular weight excluding hydrogens is 266 g/mol. The van der Waals surface area contributed by atoms with Crippen molar-refractivity contribution in [1.82, 2.24) is 4.90 Å². The molecule has 1 saturated heterocycles. The quantitative estimate of drug-likeness (QED) is 0.876. The molecule has 5 heteroatoms. The third-order valence-corrected chi connectivity index (χ3v) is 3.77. The molecule has 116 valence electrons. The van der Waals surface area contributed by atoms with Crippen LogP contribution in [0.4, 0.5) is 10.5 Å². The van der Waals surface area contributed by atoms with Crippen LogP contribution in [0.2, 0.25) is 0 Å². The highest BCUT2D eigenvalue weighted by Gasteiger charge is 2.21. The Labute approximate surface area is 126 Å². The molecule has 5 nitrogen and oxygen atoms in total. The van der Waals surface area contributed by atoms with Gasteiger partial charge < -0.3 is 20.7 Å². The summed E-state index contributed by atoms with van der Waals surface area (Å²) in [5, 5.41) is 3.54. The lowest BCUT2D eigenvalue weighted by atomic mass is 10.0. The minimum absolute atomic E-state index is 0.323. The summed E-state index contributed by atoms with van der Waals surface area (Å²) in [6, 6.07) is 6.25. The van der Waals surface area contributed by atoms with Crippen LogP contribution in [-0.4, -0.2) is 36.7 Å². The molecule has 2 amide bonds. The van der Waals surface area contributed by atoms with E-state index in [1.54, 1.807) is 4.90 Å². The number of aryl methyl sites for hydroxylation is 1. The number of anilines is 1. The lowest BCUT2D eigenvalue weighted by Crippen LogP contribution is -2.44. The predicted octanol–water partition coefficient (Wildman–Crippen LogP) is 2.74. The van der Waals surface area contributed by atoms with Crippen molar-refractivity contribution < 1.29 is 9.53 Å². The molecule has 0 spiro atoms. The maximum absolute atomic E-state index is 11.1. The fourth-order valence-corrected chi connectivity index (χ4v) is 2.54. The number of hydrogen-bond donors (Lipinski definition) is 2. The lowest BCUT2D eigenvalue weighted by molar-refractivity contribution is 0.193. The number of piperidine rings is 1. The van der Waals surface area contributed by atoms with Crippen molar-refractivity contribution in [3.05, 3.63) is 23.8 Å². The average Bonchev–Trinajstić information content (AvgIpc) is 2.48. The van der Waals surface area contributed by atoms with Crippen LogP contribution < -0.4 is 15.8 Å². The predicted molar refractivity (Wildman–Crippen MR) is 84.8 cm³/mol. The number of nitrogens with two attached hydrogens (primary N) is 1. The van der Waals surface area contributed by atoms with E-state index in [-0.39, 0.29) is 6.03 Å². The first-order chi connectivity index (χ1) is 10.1. The van der Waals surface area contributed by atoms with E-state index in [1.807, 2.05) is 0 Å². The zero-order valence-corrected chi connectivity index (χ0v) is 12.9. The van der Waals surface area contributed by atoms with Crippen molar-refractivity contribution in [1.29, 1.82) is 0 Å². The van der Waals surface area contributed by atoms with Gasteiger partial charge in [0.05, 0.1) is 12.3 Å². The zero-order valence-electron chi connectivity index (χ0n) is 12.9. The molecule has 1 aliphatic heterocycles. The first-order valence-corrected chi connectivity index (χ1v) is 7.64. The van der Waals surface area contributed by atoms with Gasteiger partial charge in [0.2, 0.25) is 0 Å². The van der Waals surface area contributed by atoms with E-state index >= 15 is 0 Å². The van der Waals surface area contributed by atoms with E-state index in [0.29, 0.717) is 19.1 Å². The minimum Gasteiger partial charge on any atom is -0.491 e. The second kappa shape index (κ2) is 7.20. The Bertz CT molecular complexity index is 482. The summed E-state index contributed by atoms with van der Waals surface area (Å²) in [6.45, 7) is 6.31. The van der Waals surface area contributed by atoms with E-state index in [2.05, 4.69) is 37.4 Å². The van der Waals surface area contributed by atoms with Gasteiger partial charge in [-0.2, -0.15) is 0 Å². The number of urea groups is 1. The van der Waals surface area contributed by atoms with Crippen molar-refractivity contribution in [2.45, 2.75) is 39.2 Å². The number of carbonyl (C=O) groups is 1. The van der Waals surface area contributed by atoms with Gasteiger partial charge in [-0.1, -0.05) is 13.0 Å². The Kier molecular flexibility index (Phi) is 5.31. The fourth-order valence-electron chi connectivity index (χ4n) is 2.54. The number of likely N-dealkylation sites (tertiary alicyclic amines) is 1. The Balaban J connectivity index is 1.98. The van der Waals surface area contributed by atoms with Gasteiger partial charge in [-0.3, -0.25) is 0 Å². The van der Waals surface area contributed by atoms with Crippen LogP contribution in [0, 0.1) is 6.92 Å². The standard InChI is InChI=1S/C16H25N3O2/c1-3-10-21-15-11-12(2)4-5-14(15)18-13-6-8-19(9-7-13)16(17)20/h4-5,11,13,18H,3,6-10H2,1-2H3,(H2,17,20). The van der Waals surface area contributed by atoms with Gasteiger partial charge in [0.1, 0.15) is 5.75 Å². The molecular formula is C16H25N3O2. The summed E-state index contributed by atoms with van der Waals surface area (Å²) in [5.41, 5.74) is 7.53. The Morgan fingerprint density at radius 3 is 2.76 bits per heavy atom. The maximum Gasteiger partial charge on any atom is 0.314 e. The molecule has 0 unspecified atom stereocenters. The van der Waals surface area contributed by atoms with Crippen molar-refractivity contribution >= 4 is 11.7 Å². The topological polar surface area (TPSA) is 67.6 Å². The summed E-state index contributed by atoms with van der Waals surface area (Å²) >= 11 is 0. The SMILES string of the molecule is CCCOc1cc(C)ccc1NC1CCN(C(N)=O)CC1. The van der Waals surface area contributed by atoms with Gasteiger partial charge in [0, 0.05) is 19.1 Å². The van der Waals surface area contributed by atoms with Crippen LogP contribution >= 0.6 is 0 Å². The van der Waals surface area contributed by atoms with Crippen LogP contribution in [0.25, 0.3) is 0 Å². The molecule has 1 aromatic rings. The van der Waals surface area contributed by atoms with E-state index < -0.39 is 0 Å². The molecule has 1 fully saturated rings. The Morgan fingerprint density at radius 1 is 1.43 bits per heavy atom. The average molecular weight is 291 g/mol. The first kappa shape index (κ1) is 15.5. The van der Waals surface area contributed by atoms with Crippen LogP contribution in [0.3, 0.4) is 0 Å². The van der Waals surface area contributed by atoms with E-state index in [1.165, 1.54) is 5.56 Å². The molecule has 0 saturated carbocycles. The largest absolute Gasteiger partial charge is 0.491 e. The van der Waals surface area contributed by atoms with Gasteiger partial charge in [-0.05, 0) is 43.9 Å². The lowest BCUT2D eigenvalue weighted by Gasteiger charge is -2.32. The summed E-state index contributed by atoms with van der Waals surface area (Å²) in [5.74, 6) is 0.911. The molecule has 3 N–H and O–H groups in total. The summed E-state index contributed by atoms with van der Waals surface area (Å²) in [4.78, 5) is 12.8. The highest BCUT2D eigenvalue weighted by atomic mass is 16.5. The number of nitrogens with zero attached hydrogens (tertiary/aromatic N) is 1. The molecule has 0 bridgehead atoms. The van der Waals surface area contributed by atoms with Crippen LogP contribution in [0.5, 0.6) is 5.75 Å². The molecule has 21 heavy (non-hydrogen) atoms. The number of carbonyl (C=O) groups excluding carboxylic acids is 1. The summed E-state index contributed by atoms with van der Waals surface area (Å²) in [6.07, 6.45) is 2.80. The van der Waals surface area contributed by atoms with E-state index in [4.69, 9.17) is 10.5 Å². The van der Waals surface area contributed by atoms with Crippen molar-refractivity contribution in [2.24, 2.45) is 5.73 Å². The molecule has 1 heterocycles. The van der Waals surface area contributed by atoms with Gasteiger partial charge in [-0.25, -0.2) is 4.79 Å². The van der Waals surface area contributed by atoms with Crippen LogP contribution in [0.1, 0.15) is 31.7 Å². The van der Waals surface area contributed by atoms with E-state index in [0.717, 1.165) is 37.3 Å². The molecule has 1 aliphatic rings. The molecule has 0 aliphatic carbocycles. The Hall–Kier alpha value is -1.91. The smallest absolute Gasteiger partial charge is 0.314 e. The summed E-state index contributed by atoms with van der Waals surface area (Å²) < 4.78 is 5.82. The zero-order chi connectivity index (χ0) is 15.2. The molecule has 2 rings (SSSR count). The fraction of sp³-hybridized carbons (Fsp3) is 0.562. The monoisotopic (exact) mass is 291 g/mol. The normalized spacial score (nSPS) is 15.8. The minimum atomic E-state index is -0.323. The van der Waals surface area contributed by atoms with Crippen molar-refractivity contribution in [3.63, 3.8) is 0 Å². The van der Waals surface area contributed by atoms with Gasteiger partial charge in [0.25, 0.3) is 0 Å². The molecule has 0 atom stereocenters. The van der Waals surface area contributed by atoms with Crippen LogP contribution in [0.15, 0.2) is 18.2 Å². The molecule has 0 radical (unpaired) electrons. The van der Waals surface area contributed by atoms with Gasteiger partial charge in [0.15, 0.2) is 0 Å². The molecule has 1 aromatic carbocycles. The number of nitrogens with one attached hydrogen (secondary N) is 1. The number of rotatable bonds is 5. The Morgan fingerprint density at radius 2 is 2.14 bits per heavy atom. The van der Waals surface area contributed by atoms with Gasteiger partial charge >= 0.3 is 6.03 Å². The van der Waals surface area contributed by atoms with E-state index in [9.17, 15) is 4.79 Å². The number of ether oxygens (including phenoxy) is 1. The summed E-state index contributed by atoms with van der Waals surface area (Å²) in [7, 11) is 0. The number of hydrogen-bond acceptors (Lipinski definition) is 3. The van der Waals surface area contributed by atoms with Crippen molar-refractivity contribution in [3.8, 4) is 5.75 Å².